The molecule has 0 aromatic rings. The summed E-state index contributed by atoms with van der Waals surface area (Å²) in [5.41, 5.74) is 0. The SMILES string of the molecule is COC(=O)CC[C@H](NC(=O)N(C)C(C)CSC)C(=O)O. The molecular formula is C12H22N2O5S. The summed E-state index contributed by atoms with van der Waals surface area (Å²) in [5, 5.41) is 11.4. The number of nitrogens with zero attached hydrogens (tertiary/aromatic N) is 1. The number of ether oxygens (including phenoxy) is 1. The first kappa shape index (κ1) is 18.6. The number of carbonyl (C=O) groups is 3. The van der Waals surface area contributed by atoms with E-state index < -0.39 is 24.0 Å². The van der Waals surface area contributed by atoms with E-state index in [0.29, 0.717) is 0 Å². The van der Waals surface area contributed by atoms with Crippen LogP contribution in [0.1, 0.15) is 19.8 Å². The van der Waals surface area contributed by atoms with Gasteiger partial charge in [-0.3, -0.25) is 4.79 Å². The number of hydrogen-bond acceptors (Lipinski definition) is 5. The molecule has 2 atom stereocenters. The van der Waals surface area contributed by atoms with Crippen LogP contribution in [0.4, 0.5) is 4.79 Å². The van der Waals surface area contributed by atoms with Crippen molar-refractivity contribution in [1.29, 1.82) is 0 Å². The lowest BCUT2D eigenvalue weighted by Crippen LogP contribution is -2.49. The van der Waals surface area contributed by atoms with Crippen molar-refractivity contribution in [3.8, 4) is 0 Å². The summed E-state index contributed by atoms with van der Waals surface area (Å²) in [4.78, 5) is 35.4. The summed E-state index contributed by atoms with van der Waals surface area (Å²) in [5.74, 6) is -0.924. The van der Waals surface area contributed by atoms with Gasteiger partial charge in [0.15, 0.2) is 0 Å². The molecule has 2 amide bonds. The average Bonchev–Trinajstić information content (AvgIpc) is 2.41. The number of esters is 1. The lowest BCUT2D eigenvalue weighted by Gasteiger charge is -2.26. The summed E-state index contributed by atoms with van der Waals surface area (Å²) in [6, 6.07) is -1.59. The van der Waals surface area contributed by atoms with Crippen molar-refractivity contribution >= 4 is 29.7 Å². The Bertz CT molecular complexity index is 351. The summed E-state index contributed by atoms with van der Waals surface area (Å²) in [7, 11) is 2.84. The molecule has 0 fully saturated rings. The van der Waals surface area contributed by atoms with Crippen LogP contribution in [0.3, 0.4) is 0 Å². The fourth-order valence-electron chi connectivity index (χ4n) is 1.43. The number of carboxylic acid groups (broad SMARTS) is 1. The maximum atomic E-state index is 11.9. The zero-order valence-corrected chi connectivity index (χ0v) is 13.0. The number of aliphatic carboxylic acids is 1. The van der Waals surface area contributed by atoms with Crippen LogP contribution >= 0.6 is 11.8 Å². The van der Waals surface area contributed by atoms with Gasteiger partial charge in [0.25, 0.3) is 0 Å². The summed E-state index contributed by atoms with van der Waals surface area (Å²) < 4.78 is 4.45. The van der Waals surface area contributed by atoms with Gasteiger partial charge in [0.05, 0.1) is 7.11 Å². The number of rotatable bonds is 8. The second-order valence-corrected chi connectivity index (χ2v) is 5.28. The average molecular weight is 306 g/mol. The maximum absolute atomic E-state index is 11.9. The van der Waals surface area contributed by atoms with Crippen molar-refractivity contribution in [1.82, 2.24) is 10.2 Å². The van der Waals surface area contributed by atoms with Crippen molar-refractivity contribution < 1.29 is 24.2 Å². The monoisotopic (exact) mass is 306 g/mol. The lowest BCUT2D eigenvalue weighted by atomic mass is 10.1. The normalized spacial score (nSPS) is 13.2. The highest BCUT2D eigenvalue weighted by atomic mass is 32.2. The first-order chi connectivity index (χ1) is 9.33. The minimum absolute atomic E-state index is 0.00149. The molecule has 0 radical (unpaired) electrons. The number of urea groups is 1. The minimum Gasteiger partial charge on any atom is -0.480 e. The van der Waals surface area contributed by atoms with Crippen LogP contribution in [0.15, 0.2) is 0 Å². The van der Waals surface area contributed by atoms with E-state index in [4.69, 9.17) is 5.11 Å². The van der Waals surface area contributed by atoms with E-state index in [1.54, 1.807) is 18.8 Å². The van der Waals surface area contributed by atoms with Crippen molar-refractivity contribution in [2.45, 2.75) is 31.8 Å². The van der Waals surface area contributed by atoms with Gasteiger partial charge >= 0.3 is 18.0 Å². The Balaban J connectivity index is 4.47. The van der Waals surface area contributed by atoms with Crippen molar-refractivity contribution in [3.05, 3.63) is 0 Å². The molecule has 0 aromatic carbocycles. The van der Waals surface area contributed by atoms with E-state index in [0.717, 1.165) is 5.75 Å². The molecule has 7 nitrogen and oxygen atoms in total. The van der Waals surface area contributed by atoms with Crippen LogP contribution in [-0.4, -0.2) is 66.2 Å². The standard InChI is InChI=1S/C12H22N2O5S/c1-8(7-20-4)14(2)12(18)13-9(11(16)17)5-6-10(15)19-3/h8-9H,5-7H2,1-4H3,(H,13,18)(H,16,17)/t8?,9-/m0/s1. The number of carboxylic acids is 1. The Morgan fingerprint density at radius 3 is 2.45 bits per heavy atom. The van der Waals surface area contributed by atoms with Crippen LogP contribution in [0.25, 0.3) is 0 Å². The molecule has 2 N–H and O–H groups in total. The number of nitrogens with one attached hydrogen (secondary N) is 1. The number of methoxy groups -OCH3 is 1. The molecule has 0 aliphatic carbocycles. The third-order valence-electron chi connectivity index (χ3n) is 2.85. The van der Waals surface area contributed by atoms with Crippen LogP contribution in [0.2, 0.25) is 0 Å². The van der Waals surface area contributed by atoms with Gasteiger partial charge in [0, 0.05) is 25.3 Å². The van der Waals surface area contributed by atoms with Gasteiger partial charge < -0.3 is 20.1 Å². The molecule has 116 valence electrons. The third-order valence-corrected chi connectivity index (χ3v) is 3.67. The van der Waals surface area contributed by atoms with Crippen molar-refractivity contribution in [2.24, 2.45) is 0 Å². The van der Waals surface area contributed by atoms with Gasteiger partial charge in [-0.15, -0.1) is 0 Å². The smallest absolute Gasteiger partial charge is 0.326 e. The highest BCUT2D eigenvalue weighted by Crippen LogP contribution is 2.06. The Morgan fingerprint density at radius 1 is 1.40 bits per heavy atom. The van der Waals surface area contributed by atoms with Gasteiger partial charge in [-0.25, -0.2) is 9.59 Å². The van der Waals surface area contributed by atoms with Gasteiger partial charge in [0.1, 0.15) is 6.04 Å². The van der Waals surface area contributed by atoms with E-state index in [2.05, 4.69) is 10.1 Å². The third kappa shape index (κ3) is 6.65. The molecule has 0 aliphatic heterocycles. The second-order valence-electron chi connectivity index (χ2n) is 4.37. The van der Waals surface area contributed by atoms with Crippen LogP contribution in [-0.2, 0) is 14.3 Å². The topological polar surface area (TPSA) is 95.9 Å². The zero-order valence-electron chi connectivity index (χ0n) is 12.2. The Labute approximate surface area is 123 Å². The summed E-state index contributed by atoms with van der Waals surface area (Å²) in [6.45, 7) is 1.88. The lowest BCUT2D eigenvalue weighted by molar-refractivity contribution is -0.142. The van der Waals surface area contributed by atoms with E-state index in [1.165, 1.54) is 12.0 Å². The summed E-state index contributed by atoms with van der Waals surface area (Å²) in [6.07, 6.45) is 1.87. The van der Waals surface area contributed by atoms with Crippen molar-refractivity contribution in [2.75, 3.05) is 26.2 Å². The quantitative estimate of drug-likeness (QED) is 0.644. The molecule has 0 spiro atoms. The van der Waals surface area contributed by atoms with Crippen molar-refractivity contribution in [3.63, 3.8) is 0 Å². The van der Waals surface area contributed by atoms with E-state index in [1.807, 2.05) is 13.2 Å². The predicted molar refractivity (Wildman–Crippen MR) is 76.8 cm³/mol. The number of amides is 2. The van der Waals surface area contributed by atoms with E-state index in [-0.39, 0.29) is 18.9 Å². The Morgan fingerprint density at radius 2 is 2.00 bits per heavy atom. The number of hydrogen-bond donors (Lipinski definition) is 2. The highest BCUT2D eigenvalue weighted by molar-refractivity contribution is 7.98. The Hall–Kier alpha value is -1.44. The fraction of sp³-hybridized carbons (Fsp3) is 0.750. The first-order valence-electron chi connectivity index (χ1n) is 6.15. The van der Waals surface area contributed by atoms with Crippen LogP contribution in [0.5, 0.6) is 0 Å². The largest absolute Gasteiger partial charge is 0.480 e. The zero-order chi connectivity index (χ0) is 15.7. The first-order valence-corrected chi connectivity index (χ1v) is 7.54. The fourth-order valence-corrected chi connectivity index (χ4v) is 2.13. The number of carbonyl (C=O) groups excluding carboxylic acids is 2. The van der Waals surface area contributed by atoms with Crippen LogP contribution < -0.4 is 5.32 Å². The molecule has 0 saturated heterocycles. The maximum Gasteiger partial charge on any atom is 0.326 e. The number of thioether (sulfide) groups is 1. The summed E-state index contributed by atoms with van der Waals surface area (Å²) >= 11 is 1.60. The molecular weight excluding hydrogens is 284 g/mol. The predicted octanol–water partition coefficient (Wildman–Crippen LogP) is 0.786. The van der Waals surface area contributed by atoms with Gasteiger partial charge in [-0.05, 0) is 19.6 Å². The minimum atomic E-state index is -1.17. The van der Waals surface area contributed by atoms with E-state index >= 15 is 0 Å². The van der Waals surface area contributed by atoms with Gasteiger partial charge in [0.2, 0.25) is 0 Å². The van der Waals surface area contributed by atoms with Crippen LogP contribution in [0, 0.1) is 0 Å². The molecule has 0 aliphatic rings. The van der Waals surface area contributed by atoms with Gasteiger partial charge in [-0.1, -0.05) is 0 Å². The Kier molecular flexibility index (Phi) is 8.78. The molecule has 0 rings (SSSR count). The second kappa shape index (κ2) is 9.46. The molecule has 0 saturated carbocycles. The van der Waals surface area contributed by atoms with Gasteiger partial charge in [-0.2, -0.15) is 11.8 Å². The molecule has 0 aromatic heterocycles. The molecule has 0 heterocycles. The molecule has 8 heteroatoms. The van der Waals surface area contributed by atoms with E-state index in [9.17, 15) is 14.4 Å². The molecule has 20 heavy (non-hydrogen) atoms. The molecule has 1 unspecified atom stereocenters. The molecule has 0 bridgehead atoms. The highest BCUT2D eigenvalue weighted by Gasteiger charge is 2.24.